The van der Waals surface area contributed by atoms with Gasteiger partial charge in [0, 0.05) is 17.8 Å². The Hall–Kier alpha value is -3.40. The average Bonchev–Trinajstić information content (AvgIpc) is 3.34. The van der Waals surface area contributed by atoms with Crippen molar-refractivity contribution in [3.63, 3.8) is 0 Å². The molecule has 1 aliphatic rings. The molecule has 11 heteroatoms. The van der Waals surface area contributed by atoms with Crippen LogP contribution in [-0.4, -0.2) is 38.9 Å². The average molecular weight is 570 g/mol. The first kappa shape index (κ1) is 26.2. The summed E-state index contributed by atoms with van der Waals surface area (Å²) in [4.78, 5) is 27.6. The van der Waals surface area contributed by atoms with Crippen LogP contribution in [-0.2, 0) is 17.8 Å². The van der Waals surface area contributed by atoms with Gasteiger partial charge >= 0.3 is 0 Å². The molecule has 0 radical (unpaired) electrons. The first-order chi connectivity index (χ1) is 18.4. The number of rotatable bonds is 7. The molecular formula is C27H22Cl2FN5O2S. The van der Waals surface area contributed by atoms with Gasteiger partial charge in [0.25, 0.3) is 5.91 Å². The summed E-state index contributed by atoms with van der Waals surface area (Å²) in [5.74, 6) is -0.445. The highest BCUT2D eigenvalue weighted by molar-refractivity contribution is 7.99. The molecule has 0 fully saturated rings. The number of aryl methyl sites for hydroxylation is 1. The van der Waals surface area contributed by atoms with Crippen molar-refractivity contribution in [2.75, 3.05) is 17.2 Å². The van der Waals surface area contributed by atoms with Crippen LogP contribution in [0.2, 0.25) is 10.0 Å². The van der Waals surface area contributed by atoms with Crippen molar-refractivity contribution >= 4 is 52.5 Å². The highest BCUT2D eigenvalue weighted by Gasteiger charge is 2.24. The van der Waals surface area contributed by atoms with Crippen LogP contribution < -0.4 is 10.2 Å². The first-order valence-corrected chi connectivity index (χ1v) is 13.6. The summed E-state index contributed by atoms with van der Waals surface area (Å²) in [5, 5.41) is 12.5. The number of carbonyl (C=O) groups excluding carboxylic acids is 2. The molecular weight excluding hydrogens is 548 g/mol. The molecule has 0 bridgehead atoms. The molecule has 0 saturated heterocycles. The van der Waals surface area contributed by atoms with E-state index in [2.05, 4.69) is 15.5 Å². The largest absolute Gasteiger partial charge is 0.345 e. The zero-order chi connectivity index (χ0) is 26.6. The minimum Gasteiger partial charge on any atom is -0.345 e. The van der Waals surface area contributed by atoms with Crippen molar-refractivity contribution < 1.29 is 14.0 Å². The van der Waals surface area contributed by atoms with Gasteiger partial charge in [0.1, 0.15) is 5.82 Å². The third-order valence-electron chi connectivity index (χ3n) is 6.09. The number of halogens is 3. The maximum atomic E-state index is 13.6. The standard InChI is InChI=1S/C27H22Cl2FN5O2S/c28-21-11-10-20(14-22(21)29)35-24(15-31-26(37)18-6-3-8-19(30)13-18)32-33-27(35)38-16-25(36)34-12-4-7-17-5-1-2-9-23(17)34/h1-3,5-6,8-11,13-14H,4,7,12,15-16H2,(H,31,37). The topological polar surface area (TPSA) is 80.1 Å². The molecule has 7 nitrogen and oxygen atoms in total. The zero-order valence-corrected chi connectivity index (χ0v) is 22.4. The Morgan fingerprint density at radius 3 is 2.66 bits per heavy atom. The van der Waals surface area contributed by atoms with Gasteiger partial charge in [-0.05, 0) is 60.9 Å². The second-order valence-corrected chi connectivity index (χ2v) is 10.3. The van der Waals surface area contributed by atoms with E-state index in [0.29, 0.717) is 33.3 Å². The van der Waals surface area contributed by atoms with Crippen LogP contribution in [0.5, 0.6) is 0 Å². The molecule has 0 saturated carbocycles. The van der Waals surface area contributed by atoms with E-state index in [1.807, 2.05) is 29.2 Å². The number of nitrogens with zero attached hydrogens (tertiary/aromatic N) is 4. The number of thioether (sulfide) groups is 1. The number of benzene rings is 3. The third kappa shape index (κ3) is 5.70. The van der Waals surface area contributed by atoms with Crippen molar-refractivity contribution in [1.29, 1.82) is 0 Å². The van der Waals surface area contributed by atoms with Gasteiger partial charge in [-0.1, -0.05) is 59.2 Å². The predicted octanol–water partition coefficient (Wildman–Crippen LogP) is 5.71. The van der Waals surface area contributed by atoms with Crippen molar-refractivity contribution in [3.05, 3.63) is 99.5 Å². The van der Waals surface area contributed by atoms with Crippen molar-refractivity contribution in [2.24, 2.45) is 0 Å². The summed E-state index contributed by atoms with van der Waals surface area (Å²) in [6.07, 6.45) is 1.85. The van der Waals surface area contributed by atoms with Crippen LogP contribution in [0.1, 0.15) is 28.2 Å². The molecule has 1 aliphatic heterocycles. The van der Waals surface area contributed by atoms with Gasteiger partial charge in [-0.15, -0.1) is 10.2 Å². The Morgan fingerprint density at radius 2 is 1.84 bits per heavy atom. The van der Waals surface area contributed by atoms with E-state index in [1.165, 1.54) is 30.0 Å². The smallest absolute Gasteiger partial charge is 0.251 e. The monoisotopic (exact) mass is 569 g/mol. The van der Waals surface area contributed by atoms with Crippen LogP contribution in [0, 0.1) is 5.82 Å². The van der Waals surface area contributed by atoms with E-state index < -0.39 is 11.7 Å². The Labute approximate surface area is 233 Å². The van der Waals surface area contributed by atoms with Gasteiger partial charge in [-0.3, -0.25) is 14.2 Å². The van der Waals surface area contributed by atoms with Gasteiger partial charge in [-0.25, -0.2) is 4.39 Å². The molecule has 0 atom stereocenters. The number of para-hydroxylation sites is 1. The normalized spacial score (nSPS) is 12.8. The number of hydrogen-bond acceptors (Lipinski definition) is 5. The van der Waals surface area contributed by atoms with Gasteiger partial charge in [0.05, 0.1) is 28.0 Å². The first-order valence-electron chi connectivity index (χ1n) is 11.9. The van der Waals surface area contributed by atoms with Crippen molar-refractivity contribution in [1.82, 2.24) is 20.1 Å². The fraction of sp³-hybridized carbons (Fsp3) is 0.185. The number of anilines is 1. The second kappa shape index (κ2) is 11.6. The zero-order valence-electron chi connectivity index (χ0n) is 20.0. The Balaban J connectivity index is 1.37. The molecule has 3 aromatic carbocycles. The SMILES string of the molecule is O=C(NCc1nnc(SCC(=O)N2CCCc3ccccc32)n1-c1ccc(Cl)c(Cl)c1)c1cccc(F)c1. The summed E-state index contributed by atoms with van der Waals surface area (Å²) < 4.78 is 15.3. The fourth-order valence-electron chi connectivity index (χ4n) is 4.28. The van der Waals surface area contributed by atoms with E-state index in [1.54, 1.807) is 22.8 Å². The molecule has 194 valence electrons. The summed E-state index contributed by atoms with van der Waals surface area (Å²) in [6.45, 7) is 0.670. The molecule has 1 N–H and O–H groups in total. The lowest BCUT2D eigenvalue weighted by Gasteiger charge is -2.29. The van der Waals surface area contributed by atoms with Crippen LogP contribution in [0.25, 0.3) is 5.69 Å². The highest BCUT2D eigenvalue weighted by atomic mass is 35.5. The number of fused-ring (bicyclic) bond motifs is 1. The molecule has 5 rings (SSSR count). The number of amides is 2. The lowest BCUT2D eigenvalue weighted by molar-refractivity contribution is -0.116. The van der Waals surface area contributed by atoms with Crippen molar-refractivity contribution in [2.45, 2.75) is 24.5 Å². The van der Waals surface area contributed by atoms with Gasteiger partial charge < -0.3 is 10.2 Å². The number of nitrogens with one attached hydrogen (secondary N) is 1. The summed E-state index contributed by atoms with van der Waals surface area (Å²) in [7, 11) is 0. The van der Waals surface area contributed by atoms with Crippen LogP contribution >= 0.6 is 35.0 Å². The molecule has 38 heavy (non-hydrogen) atoms. The second-order valence-electron chi connectivity index (χ2n) is 8.59. The van der Waals surface area contributed by atoms with Gasteiger partial charge in [-0.2, -0.15) is 0 Å². The molecule has 0 aliphatic carbocycles. The van der Waals surface area contributed by atoms with E-state index in [4.69, 9.17) is 23.2 Å². The fourth-order valence-corrected chi connectivity index (χ4v) is 5.42. The summed E-state index contributed by atoms with van der Waals surface area (Å²) in [6, 6.07) is 18.4. The van der Waals surface area contributed by atoms with Gasteiger partial charge in [0.15, 0.2) is 11.0 Å². The Bertz CT molecular complexity index is 1510. The minimum atomic E-state index is -0.503. The van der Waals surface area contributed by atoms with Crippen molar-refractivity contribution in [3.8, 4) is 5.69 Å². The van der Waals surface area contributed by atoms with Gasteiger partial charge in [0.2, 0.25) is 5.91 Å². The number of hydrogen-bond donors (Lipinski definition) is 1. The predicted molar refractivity (Wildman–Crippen MR) is 147 cm³/mol. The van der Waals surface area contributed by atoms with E-state index in [-0.39, 0.29) is 23.8 Å². The lowest BCUT2D eigenvalue weighted by atomic mass is 10.0. The van der Waals surface area contributed by atoms with E-state index in [0.717, 1.165) is 30.2 Å². The molecule has 1 aromatic heterocycles. The summed E-state index contributed by atoms with van der Waals surface area (Å²) in [5.41, 5.74) is 2.91. The summed E-state index contributed by atoms with van der Waals surface area (Å²) >= 11 is 13.6. The molecule has 0 unspecified atom stereocenters. The molecule has 2 heterocycles. The van der Waals surface area contributed by atoms with E-state index in [9.17, 15) is 14.0 Å². The highest BCUT2D eigenvalue weighted by Crippen LogP contribution is 2.30. The number of aromatic nitrogens is 3. The molecule has 2 amide bonds. The molecule has 0 spiro atoms. The van der Waals surface area contributed by atoms with Crippen LogP contribution in [0.15, 0.2) is 71.9 Å². The minimum absolute atomic E-state index is 0.0105. The number of carbonyl (C=O) groups is 2. The quantitative estimate of drug-likeness (QED) is 0.288. The van der Waals surface area contributed by atoms with Crippen LogP contribution in [0.3, 0.4) is 0 Å². The Morgan fingerprint density at radius 1 is 1.00 bits per heavy atom. The molecule has 4 aromatic rings. The van der Waals surface area contributed by atoms with Crippen LogP contribution in [0.4, 0.5) is 10.1 Å². The Kier molecular flexibility index (Phi) is 7.97. The van der Waals surface area contributed by atoms with E-state index >= 15 is 0 Å². The lowest BCUT2D eigenvalue weighted by Crippen LogP contribution is -2.36. The maximum Gasteiger partial charge on any atom is 0.251 e. The maximum absolute atomic E-state index is 13.6. The third-order valence-corrected chi connectivity index (χ3v) is 7.74.